The molecule has 0 aliphatic carbocycles. The zero-order chi connectivity index (χ0) is 15.3. The van der Waals surface area contributed by atoms with Crippen LogP contribution in [-0.2, 0) is 4.74 Å². The second-order valence-corrected chi connectivity index (χ2v) is 4.58. The van der Waals surface area contributed by atoms with Crippen LogP contribution in [0.4, 0.5) is 0 Å². The van der Waals surface area contributed by atoms with Crippen LogP contribution in [0.15, 0.2) is 24.3 Å². The molecule has 0 spiro atoms. The molecule has 0 aromatic heterocycles. The number of hydrogen-bond acceptors (Lipinski definition) is 7. The third-order valence-corrected chi connectivity index (χ3v) is 3.04. The van der Waals surface area contributed by atoms with Crippen molar-refractivity contribution < 1.29 is 35.4 Å². The molecule has 2 rings (SSSR count). The maximum absolute atomic E-state index is 9.12. The Morgan fingerprint density at radius 3 is 2.05 bits per heavy atom. The van der Waals surface area contributed by atoms with E-state index in [0.29, 0.717) is 5.02 Å². The molecule has 1 saturated heterocycles. The molecule has 1 aromatic carbocycles. The van der Waals surface area contributed by atoms with Gasteiger partial charge in [-0.3, -0.25) is 0 Å². The first kappa shape index (κ1) is 17.1. The van der Waals surface area contributed by atoms with Crippen molar-refractivity contribution in [2.45, 2.75) is 30.7 Å². The van der Waals surface area contributed by atoms with E-state index >= 15 is 0 Å². The molecule has 1 aliphatic heterocycles. The van der Waals surface area contributed by atoms with Gasteiger partial charge in [-0.15, -0.1) is 0 Å². The summed E-state index contributed by atoms with van der Waals surface area (Å²) in [5.74, 6) is 0.133. The van der Waals surface area contributed by atoms with E-state index < -0.39 is 37.3 Å². The fourth-order valence-corrected chi connectivity index (χ4v) is 1.67. The molecule has 6 N–H and O–H groups in total. The third kappa shape index (κ3) is 4.29. The monoisotopic (exact) mass is 308 g/mol. The number of rotatable bonds is 1. The van der Waals surface area contributed by atoms with Crippen molar-refractivity contribution in [2.75, 3.05) is 6.61 Å². The average molecular weight is 309 g/mol. The van der Waals surface area contributed by atoms with Crippen molar-refractivity contribution in [3.05, 3.63) is 29.3 Å². The Morgan fingerprint density at radius 1 is 1.00 bits per heavy atom. The summed E-state index contributed by atoms with van der Waals surface area (Å²) in [4.78, 5) is 0. The van der Waals surface area contributed by atoms with Crippen molar-refractivity contribution in [3.63, 3.8) is 0 Å². The van der Waals surface area contributed by atoms with Crippen molar-refractivity contribution >= 4 is 11.6 Å². The van der Waals surface area contributed by atoms with E-state index in [-0.39, 0.29) is 5.75 Å². The van der Waals surface area contributed by atoms with Crippen LogP contribution < -0.4 is 0 Å². The minimum absolute atomic E-state index is 0.133. The molecule has 20 heavy (non-hydrogen) atoms. The lowest BCUT2D eigenvalue weighted by molar-refractivity contribution is -0.286. The van der Waals surface area contributed by atoms with Gasteiger partial charge in [-0.2, -0.15) is 0 Å². The molecule has 1 aliphatic rings. The second kappa shape index (κ2) is 7.75. The summed E-state index contributed by atoms with van der Waals surface area (Å²) in [6.45, 7) is -0.526. The Morgan fingerprint density at radius 2 is 1.60 bits per heavy atom. The number of aliphatic hydroxyl groups excluding tert-OH is 5. The largest absolute Gasteiger partial charge is 0.506 e. The lowest BCUT2D eigenvalue weighted by atomic mass is 10.00. The van der Waals surface area contributed by atoms with Crippen LogP contribution in [0.3, 0.4) is 0 Å². The van der Waals surface area contributed by atoms with E-state index in [9.17, 15) is 0 Å². The van der Waals surface area contributed by atoms with Gasteiger partial charge in [0, 0.05) is 0 Å². The van der Waals surface area contributed by atoms with Gasteiger partial charge in [0.2, 0.25) is 0 Å². The first-order chi connectivity index (χ1) is 9.38. The highest BCUT2D eigenvalue weighted by Gasteiger charge is 2.42. The minimum Gasteiger partial charge on any atom is -0.506 e. The highest BCUT2D eigenvalue weighted by Crippen LogP contribution is 2.20. The standard InChI is InChI=1S/C6H5ClO.C6H12O6/c7-5-3-1-2-4-6(5)8;7-1-2-3(8)4(9)5(10)6(11)12-2/h1-4,8H;2-11H,1H2/t;2-,3+,4+,5-,6-/m.1/s1. The lowest BCUT2D eigenvalue weighted by Crippen LogP contribution is -2.58. The molecule has 0 amide bonds. The third-order valence-electron chi connectivity index (χ3n) is 2.72. The quantitative estimate of drug-likeness (QED) is 0.385. The average Bonchev–Trinajstić information content (AvgIpc) is 2.44. The van der Waals surface area contributed by atoms with Crippen LogP contribution in [0.2, 0.25) is 5.02 Å². The fraction of sp³-hybridized carbons (Fsp3) is 0.500. The van der Waals surface area contributed by atoms with Crippen molar-refractivity contribution in [1.29, 1.82) is 0 Å². The molecule has 1 heterocycles. The summed E-state index contributed by atoms with van der Waals surface area (Å²) in [5.41, 5.74) is 0. The van der Waals surface area contributed by atoms with Gasteiger partial charge >= 0.3 is 0 Å². The summed E-state index contributed by atoms with van der Waals surface area (Å²) in [6, 6.07) is 6.67. The number of phenols is 1. The van der Waals surface area contributed by atoms with Crippen molar-refractivity contribution in [3.8, 4) is 5.75 Å². The van der Waals surface area contributed by atoms with Gasteiger partial charge in [-0.25, -0.2) is 0 Å². The molecule has 0 bridgehead atoms. The summed E-state index contributed by atoms with van der Waals surface area (Å²) < 4.78 is 4.58. The van der Waals surface area contributed by atoms with Crippen LogP contribution in [0, 0.1) is 0 Å². The number of aromatic hydroxyl groups is 1. The van der Waals surface area contributed by atoms with Gasteiger partial charge in [0.25, 0.3) is 0 Å². The Bertz CT molecular complexity index is 391. The molecule has 1 fully saturated rings. The maximum Gasteiger partial charge on any atom is 0.184 e. The number of ether oxygens (including phenoxy) is 1. The summed E-state index contributed by atoms with van der Waals surface area (Å²) in [7, 11) is 0. The van der Waals surface area contributed by atoms with Crippen molar-refractivity contribution in [1.82, 2.24) is 0 Å². The smallest absolute Gasteiger partial charge is 0.184 e. The first-order valence-electron chi connectivity index (χ1n) is 5.80. The number of para-hydroxylation sites is 1. The van der Waals surface area contributed by atoms with Crippen LogP contribution in [0.1, 0.15) is 0 Å². The van der Waals surface area contributed by atoms with E-state index in [2.05, 4.69) is 4.74 Å². The first-order valence-corrected chi connectivity index (χ1v) is 6.18. The highest BCUT2D eigenvalue weighted by atomic mass is 35.5. The SMILES string of the molecule is OC[C@H]1O[C@@H](O)[C@H](O)[C@@H](O)[C@H]1O.Oc1ccccc1Cl. The zero-order valence-corrected chi connectivity index (χ0v) is 11.1. The number of hydrogen-bond donors (Lipinski definition) is 6. The Labute approximate surface area is 120 Å². The number of halogens is 1. The molecule has 7 nitrogen and oxygen atoms in total. The second-order valence-electron chi connectivity index (χ2n) is 4.17. The molecule has 8 heteroatoms. The van der Waals surface area contributed by atoms with Crippen molar-refractivity contribution in [2.24, 2.45) is 0 Å². The van der Waals surface area contributed by atoms with Gasteiger partial charge in [0.1, 0.15) is 30.2 Å². The van der Waals surface area contributed by atoms with E-state index in [0.717, 1.165) is 0 Å². The van der Waals surface area contributed by atoms with Crippen LogP contribution in [0.25, 0.3) is 0 Å². The molecular formula is C12H17ClO7. The predicted molar refractivity (Wildman–Crippen MR) is 69.1 cm³/mol. The van der Waals surface area contributed by atoms with E-state index in [1.54, 1.807) is 24.3 Å². The Kier molecular flexibility index (Phi) is 6.63. The molecular weight excluding hydrogens is 292 g/mol. The van der Waals surface area contributed by atoms with Gasteiger partial charge < -0.3 is 35.4 Å². The Hall–Kier alpha value is -0.930. The van der Waals surface area contributed by atoms with Gasteiger partial charge in [-0.05, 0) is 12.1 Å². The van der Waals surface area contributed by atoms with Gasteiger partial charge in [0.15, 0.2) is 6.29 Å². The number of aliphatic hydroxyl groups is 5. The predicted octanol–water partition coefficient (Wildman–Crippen LogP) is -1.18. The number of benzene rings is 1. The normalized spacial score (nSPS) is 33.2. The molecule has 0 radical (unpaired) electrons. The number of phenolic OH excluding ortho intramolecular Hbond substituents is 1. The van der Waals surface area contributed by atoms with Crippen LogP contribution >= 0.6 is 11.6 Å². The van der Waals surface area contributed by atoms with Crippen LogP contribution in [0.5, 0.6) is 5.75 Å². The van der Waals surface area contributed by atoms with Crippen LogP contribution in [-0.4, -0.2) is 68.0 Å². The van der Waals surface area contributed by atoms with E-state index in [1.165, 1.54) is 0 Å². The summed E-state index contributed by atoms with van der Waals surface area (Å²) in [6.07, 6.45) is -7.04. The zero-order valence-electron chi connectivity index (χ0n) is 10.4. The molecule has 0 saturated carbocycles. The summed E-state index contributed by atoms with van der Waals surface area (Å²) >= 11 is 5.46. The highest BCUT2D eigenvalue weighted by molar-refractivity contribution is 6.31. The maximum atomic E-state index is 9.12. The molecule has 5 atom stereocenters. The molecule has 0 unspecified atom stereocenters. The van der Waals surface area contributed by atoms with E-state index in [1.807, 2.05) is 0 Å². The van der Waals surface area contributed by atoms with Gasteiger partial charge in [0.05, 0.1) is 11.6 Å². The molecule has 114 valence electrons. The summed E-state index contributed by atoms with van der Waals surface area (Å²) in [5, 5.41) is 53.8. The Balaban J connectivity index is 0.000000217. The lowest BCUT2D eigenvalue weighted by Gasteiger charge is -2.37. The topological polar surface area (TPSA) is 131 Å². The van der Waals surface area contributed by atoms with Gasteiger partial charge in [-0.1, -0.05) is 23.7 Å². The fourth-order valence-electron chi connectivity index (χ4n) is 1.53. The minimum atomic E-state index is -1.57. The van der Waals surface area contributed by atoms with E-state index in [4.69, 9.17) is 42.2 Å². The molecule has 1 aromatic rings.